The Labute approximate surface area is 103 Å². The molecule has 1 unspecified atom stereocenters. The van der Waals surface area contributed by atoms with E-state index in [1.165, 1.54) is 6.33 Å². The molecule has 92 valence electrons. The van der Waals surface area contributed by atoms with Gasteiger partial charge in [-0.1, -0.05) is 0 Å². The van der Waals surface area contributed by atoms with Crippen LogP contribution in [0.3, 0.4) is 0 Å². The molecule has 2 aromatic heterocycles. The minimum absolute atomic E-state index is 0.189. The molecule has 0 saturated carbocycles. The Morgan fingerprint density at radius 3 is 3.06 bits per heavy atom. The second-order valence-electron chi connectivity index (χ2n) is 3.78. The number of thioether (sulfide) groups is 1. The number of nitrogen functional groups attached to an aromatic ring is 1. The predicted octanol–water partition coefficient (Wildman–Crippen LogP) is 1.46. The zero-order valence-electron chi connectivity index (χ0n) is 9.59. The Hall–Kier alpha value is -1.27. The van der Waals surface area contributed by atoms with E-state index in [0.717, 1.165) is 23.9 Å². The van der Waals surface area contributed by atoms with Gasteiger partial charge in [0.15, 0.2) is 11.4 Å². The number of hydrogen-bond acceptors (Lipinski definition) is 6. The van der Waals surface area contributed by atoms with Gasteiger partial charge in [0.1, 0.15) is 11.8 Å². The number of hydrogen-bond donors (Lipinski definition) is 2. The number of aromatic nitrogens is 2. The molecule has 0 aliphatic rings. The van der Waals surface area contributed by atoms with Crippen LogP contribution in [-0.2, 0) is 6.42 Å². The quantitative estimate of drug-likeness (QED) is 0.839. The van der Waals surface area contributed by atoms with Gasteiger partial charge < -0.3 is 15.3 Å². The molecule has 0 radical (unpaired) electrons. The summed E-state index contributed by atoms with van der Waals surface area (Å²) in [6.07, 6.45) is 6.81. The van der Waals surface area contributed by atoms with Crippen LogP contribution in [0.1, 0.15) is 12.0 Å². The van der Waals surface area contributed by atoms with Crippen molar-refractivity contribution < 1.29 is 9.52 Å². The lowest BCUT2D eigenvalue weighted by molar-refractivity contribution is 0.290. The maximum atomic E-state index is 9.12. The molecule has 0 amide bonds. The Balaban J connectivity index is 2.17. The smallest absolute Gasteiger partial charge is 0.194 e. The number of anilines is 1. The standard InChI is InChI=1S/C11H15N3O2S/c1-17-8(4-15)3-2-7-5-16-10-9(7)13-6-14-11(10)12/h5-6,8,15H,2-4H2,1H3,(H2,12,13,14). The molecule has 0 aliphatic carbocycles. The van der Waals surface area contributed by atoms with Crippen LogP contribution in [-0.4, -0.2) is 33.2 Å². The second-order valence-corrected chi connectivity index (χ2v) is 4.91. The van der Waals surface area contributed by atoms with E-state index in [-0.39, 0.29) is 11.9 Å². The molecule has 2 rings (SSSR count). The normalized spacial score (nSPS) is 13.1. The van der Waals surface area contributed by atoms with Gasteiger partial charge in [0.05, 0.1) is 12.9 Å². The first kappa shape index (κ1) is 12.2. The molecule has 0 bridgehead atoms. The molecular weight excluding hydrogens is 238 g/mol. The summed E-state index contributed by atoms with van der Waals surface area (Å²) < 4.78 is 5.36. The van der Waals surface area contributed by atoms with Crippen molar-refractivity contribution in [3.05, 3.63) is 18.2 Å². The van der Waals surface area contributed by atoms with Gasteiger partial charge in [-0.25, -0.2) is 9.97 Å². The Kier molecular flexibility index (Phi) is 3.86. The van der Waals surface area contributed by atoms with Crippen LogP contribution in [0, 0.1) is 0 Å². The third-order valence-corrected chi connectivity index (χ3v) is 3.78. The average Bonchev–Trinajstić information content (AvgIpc) is 2.75. The van der Waals surface area contributed by atoms with Crippen LogP contribution in [0.5, 0.6) is 0 Å². The summed E-state index contributed by atoms with van der Waals surface area (Å²) in [6.45, 7) is 0.189. The Morgan fingerprint density at radius 1 is 1.53 bits per heavy atom. The van der Waals surface area contributed by atoms with Crippen LogP contribution < -0.4 is 5.73 Å². The number of nitrogens with zero attached hydrogens (tertiary/aromatic N) is 2. The first-order valence-corrected chi connectivity index (χ1v) is 6.65. The van der Waals surface area contributed by atoms with Gasteiger partial charge in [-0.3, -0.25) is 0 Å². The van der Waals surface area contributed by atoms with Gasteiger partial charge in [-0.2, -0.15) is 11.8 Å². The average molecular weight is 253 g/mol. The summed E-state index contributed by atoms with van der Waals surface area (Å²) in [6, 6.07) is 0. The largest absolute Gasteiger partial charge is 0.458 e. The van der Waals surface area contributed by atoms with E-state index in [1.54, 1.807) is 18.0 Å². The van der Waals surface area contributed by atoms with Crippen molar-refractivity contribution in [2.24, 2.45) is 0 Å². The number of rotatable bonds is 5. The highest BCUT2D eigenvalue weighted by Gasteiger charge is 2.12. The van der Waals surface area contributed by atoms with Crippen LogP contribution in [0.4, 0.5) is 5.82 Å². The van der Waals surface area contributed by atoms with Crippen molar-refractivity contribution in [2.45, 2.75) is 18.1 Å². The van der Waals surface area contributed by atoms with Crippen molar-refractivity contribution in [2.75, 3.05) is 18.6 Å². The van der Waals surface area contributed by atoms with Crippen LogP contribution in [0.2, 0.25) is 0 Å². The Morgan fingerprint density at radius 2 is 2.35 bits per heavy atom. The zero-order valence-corrected chi connectivity index (χ0v) is 10.4. The summed E-state index contributed by atoms with van der Waals surface area (Å²) in [5.41, 5.74) is 8.03. The van der Waals surface area contributed by atoms with E-state index in [4.69, 9.17) is 15.3 Å². The molecule has 1 atom stereocenters. The summed E-state index contributed by atoms with van der Waals surface area (Å²) in [7, 11) is 0. The molecule has 0 spiro atoms. The highest BCUT2D eigenvalue weighted by Crippen LogP contribution is 2.24. The van der Waals surface area contributed by atoms with Gasteiger partial charge in [0.25, 0.3) is 0 Å². The van der Waals surface area contributed by atoms with E-state index in [9.17, 15) is 0 Å². The maximum Gasteiger partial charge on any atom is 0.194 e. The van der Waals surface area contributed by atoms with Crippen LogP contribution in [0.15, 0.2) is 17.0 Å². The number of nitrogens with two attached hydrogens (primary N) is 1. The van der Waals surface area contributed by atoms with Gasteiger partial charge in [-0.05, 0) is 19.1 Å². The second kappa shape index (κ2) is 5.37. The highest BCUT2D eigenvalue weighted by atomic mass is 32.2. The monoisotopic (exact) mass is 253 g/mol. The van der Waals surface area contributed by atoms with Gasteiger partial charge in [0.2, 0.25) is 0 Å². The van der Waals surface area contributed by atoms with Crippen molar-refractivity contribution in [3.8, 4) is 0 Å². The van der Waals surface area contributed by atoms with Crippen molar-refractivity contribution >= 4 is 28.7 Å². The summed E-state index contributed by atoms with van der Waals surface area (Å²) in [5, 5.41) is 9.37. The minimum atomic E-state index is 0.189. The summed E-state index contributed by atoms with van der Waals surface area (Å²) >= 11 is 1.66. The lowest BCUT2D eigenvalue weighted by atomic mass is 10.1. The van der Waals surface area contributed by atoms with Gasteiger partial charge in [0, 0.05) is 10.8 Å². The molecule has 0 aromatic carbocycles. The van der Waals surface area contributed by atoms with E-state index in [0.29, 0.717) is 11.4 Å². The number of aryl methyl sites for hydroxylation is 1. The summed E-state index contributed by atoms with van der Waals surface area (Å²) in [5.74, 6) is 0.366. The van der Waals surface area contributed by atoms with E-state index >= 15 is 0 Å². The zero-order chi connectivity index (χ0) is 12.3. The first-order chi connectivity index (χ1) is 8.26. The molecule has 17 heavy (non-hydrogen) atoms. The van der Waals surface area contributed by atoms with Crippen LogP contribution >= 0.6 is 11.8 Å². The molecule has 5 nitrogen and oxygen atoms in total. The van der Waals surface area contributed by atoms with E-state index < -0.39 is 0 Å². The van der Waals surface area contributed by atoms with Crippen molar-refractivity contribution in [1.82, 2.24) is 9.97 Å². The predicted molar refractivity (Wildman–Crippen MR) is 68.9 cm³/mol. The van der Waals surface area contributed by atoms with Gasteiger partial charge >= 0.3 is 0 Å². The third-order valence-electron chi connectivity index (χ3n) is 2.73. The molecule has 6 heteroatoms. The molecule has 2 heterocycles. The number of aliphatic hydroxyl groups is 1. The fourth-order valence-corrected chi connectivity index (χ4v) is 2.20. The molecule has 2 aromatic rings. The molecular formula is C11H15N3O2S. The SMILES string of the molecule is CSC(CO)CCc1coc2c(N)ncnc12. The fourth-order valence-electron chi connectivity index (χ4n) is 1.70. The molecule has 0 aliphatic heterocycles. The topological polar surface area (TPSA) is 85.2 Å². The minimum Gasteiger partial charge on any atom is -0.458 e. The molecule has 3 N–H and O–H groups in total. The van der Waals surface area contributed by atoms with Crippen molar-refractivity contribution in [3.63, 3.8) is 0 Å². The molecule has 0 saturated heterocycles. The molecule has 0 fully saturated rings. The van der Waals surface area contributed by atoms with Crippen molar-refractivity contribution in [1.29, 1.82) is 0 Å². The summed E-state index contributed by atoms with van der Waals surface area (Å²) in [4.78, 5) is 8.05. The number of furan rings is 1. The first-order valence-electron chi connectivity index (χ1n) is 5.36. The Bertz CT molecular complexity index is 496. The number of aliphatic hydroxyl groups excluding tert-OH is 1. The van der Waals surface area contributed by atoms with E-state index in [1.807, 2.05) is 6.26 Å². The fraction of sp³-hybridized carbons (Fsp3) is 0.455. The highest BCUT2D eigenvalue weighted by molar-refractivity contribution is 7.99. The van der Waals surface area contributed by atoms with E-state index in [2.05, 4.69) is 9.97 Å². The van der Waals surface area contributed by atoms with Crippen LogP contribution in [0.25, 0.3) is 11.1 Å². The van der Waals surface area contributed by atoms with Gasteiger partial charge in [-0.15, -0.1) is 0 Å². The lowest BCUT2D eigenvalue weighted by Crippen LogP contribution is -2.08. The third kappa shape index (κ3) is 2.53. The maximum absolute atomic E-state index is 9.12. The lowest BCUT2D eigenvalue weighted by Gasteiger charge is -2.09. The number of fused-ring (bicyclic) bond motifs is 1.